The smallest absolute Gasteiger partial charge is 0.419 e. The van der Waals surface area contributed by atoms with Crippen LogP contribution in [0.4, 0.5) is 13.2 Å². The van der Waals surface area contributed by atoms with Crippen molar-refractivity contribution in [3.05, 3.63) is 0 Å². The quantitative estimate of drug-likeness (QED) is 0.630. The highest BCUT2D eigenvalue weighted by atomic mass is 19.4. The minimum Gasteiger partial charge on any atom is -0.480 e. The Morgan fingerprint density at radius 3 is 1.93 bits per heavy atom. The van der Waals surface area contributed by atoms with Crippen molar-refractivity contribution in [1.82, 2.24) is 5.32 Å². The third kappa shape index (κ3) is 3.08. The highest BCUT2D eigenvalue weighted by Crippen LogP contribution is 2.32. The Morgan fingerprint density at radius 1 is 1.33 bits per heavy atom. The molecule has 0 saturated heterocycles. The second-order valence-electron chi connectivity index (χ2n) is 3.12. The van der Waals surface area contributed by atoms with E-state index in [1.807, 2.05) is 0 Å². The molecule has 0 aromatic carbocycles. The van der Waals surface area contributed by atoms with E-state index in [0.29, 0.717) is 0 Å². The molecule has 0 aromatic heterocycles. The highest BCUT2D eigenvalue weighted by Gasteiger charge is 2.58. The first-order valence-corrected chi connectivity index (χ1v) is 3.79. The van der Waals surface area contributed by atoms with E-state index in [9.17, 15) is 22.8 Å². The van der Waals surface area contributed by atoms with Crippen LogP contribution in [0.2, 0.25) is 0 Å². The van der Waals surface area contributed by atoms with Gasteiger partial charge in [-0.05, 0) is 6.92 Å². The molecule has 2 atom stereocenters. The van der Waals surface area contributed by atoms with Crippen LogP contribution in [-0.4, -0.2) is 39.9 Å². The van der Waals surface area contributed by atoms with Gasteiger partial charge in [-0.1, -0.05) is 0 Å². The topological polar surface area (TPSA) is 86.6 Å². The number of rotatable bonds is 3. The number of alkyl halides is 3. The molecule has 0 saturated carbocycles. The highest BCUT2D eigenvalue weighted by molar-refractivity contribution is 5.83. The number of aliphatic hydroxyl groups is 1. The summed E-state index contributed by atoms with van der Waals surface area (Å²) in [5.41, 5.74) is -3.52. The number of aliphatic carboxylic acids is 1. The lowest BCUT2D eigenvalue weighted by molar-refractivity contribution is -0.262. The molecule has 0 fully saturated rings. The number of hydrogen-bond acceptors (Lipinski definition) is 3. The van der Waals surface area contributed by atoms with Crippen molar-refractivity contribution in [2.24, 2.45) is 0 Å². The zero-order valence-corrected chi connectivity index (χ0v) is 7.92. The second-order valence-corrected chi connectivity index (χ2v) is 3.12. The van der Waals surface area contributed by atoms with E-state index >= 15 is 0 Å². The summed E-state index contributed by atoms with van der Waals surface area (Å²) < 4.78 is 36.7. The summed E-state index contributed by atoms with van der Waals surface area (Å²) in [5.74, 6) is -2.94. The van der Waals surface area contributed by atoms with Gasteiger partial charge in [-0.15, -0.1) is 0 Å². The van der Waals surface area contributed by atoms with E-state index < -0.39 is 29.7 Å². The van der Waals surface area contributed by atoms with Gasteiger partial charge in [-0.3, -0.25) is 4.79 Å². The monoisotopic (exact) mass is 229 g/mol. The average molecular weight is 229 g/mol. The largest absolute Gasteiger partial charge is 0.480 e. The first kappa shape index (κ1) is 13.7. The summed E-state index contributed by atoms with van der Waals surface area (Å²) in [5, 5.41) is 19.0. The van der Waals surface area contributed by atoms with Crippen LogP contribution in [0.1, 0.15) is 13.8 Å². The SMILES string of the molecule is CC(=O)NC(C(=O)O)C(C)(O)C(F)(F)F. The maximum absolute atomic E-state index is 12.2. The summed E-state index contributed by atoms with van der Waals surface area (Å²) in [6.45, 7) is 1.13. The molecule has 0 rings (SSSR count). The summed E-state index contributed by atoms with van der Waals surface area (Å²) in [7, 11) is 0. The zero-order chi connectivity index (χ0) is 12.4. The van der Waals surface area contributed by atoms with E-state index in [2.05, 4.69) is 0 Å². The molecule has 1 amide bonds. The molecule has 8 heteroatoms. The fraction of sp³-hybridized carbons (Fsp3) is 0.714. The molecule has 3 N–H and O–H groups in total. The molecule has 0 aliphatic heterocycles. The lowest BCUT2D eigenvalue weighted by atomic mass is 9.95. The lowest BCUT2D eigenvalue weighted by Crippen LogP contribution is -2.62. The van der Waals surface area contributed by atoms with Gasteiger partial charge in [0.05, 0.1) is 0 Å². The Kier molecular flexibility index (Phi) is 3.70. The van der Waals surface area contributed by atoms with Crippen LogP contribution in [0.5, 0.6) is 0 Å². The minimum absolute atomic E-state index is 0.279. The summed E-state index contributed by atoms with van der Waals surface area (Å²) in [6.07, 6.45) is -5.15. The maximum Gasteiger partial charge on any atom is 0.419 e. The van der Waals surface area contributed by atoms with Gasteiger partial charge >= 0.3 is 12.1 Å². The van der Waals surface area contributed by atoms with Crippen molar-refractivity contribution in [2.45, 2.75) is 31.7 Å². The van der Waals surface area contributed by atoms with Gasteiger partial charge in [0, 0.05) is 6.92 Å². The maximum atomic E-state index is 12.2. The number of amides is 1. The number of carbonyl (C=O) groups is 2. The predicted octanol–water partition coefficient (Wildman–Crippen LogP) is -0.111. The Morgan fingerprint density at radius 2 is 1.73 bits per heavy atom. The van der Waals surface area contributed by atoms with Crippen molar-refractivity contribution >= 4 is 11.9 Å². The molecule has 15 heavy (non-hydrogen) atoms. The molecule has 0 heterocycles. The molecule has 2 unspecified atom stereocenters. The van der Waals surface area contributed by atoms with Gasteiger partial charge in [-0.25, -0.2) is 4.79 Å². The van der Waals surface area contributed by atoms with Crippen LogP contribution in [0.25, 0.3) is 0 Å². The molecule has 0 aromatic rings. The van der Waals surface area contributed by atoms with Crippen molar-refractivity contribution in [1.29, 1.82) is 0 Å². The van der Waals surface area contributed by atoms with Gasteiger partial charge < -0.3 is 15.5 Å². The zero-order valence-electron chi connectivity index (χ0n) is 7.92. The predicted molar refractivity (Wildman–Crippen MR) is 41.9 cm³/mol. The molecule has 0 radical (unpaired) electrons. The standard InChI is InChI=1S/C7H10F3NO4/c1-3(12)11-4(5(13)14)6(2,15)7(8,9)10/h4,15H,1-2H3,(H,11,12)(H,13,14). The van der Waals surface area contributed by atoms with E-state index in [1.165, 1.54) is 5.32 Å². The van der Waals surface area contributed by atoms with Crippen molar-refractivity contribution in [3.63, 3.8) is 0 Å². The van der Waals surface area contributed by atoms with Crippen LogP contribution in [-0.2, 0) is 9.59 Å². The molecular formula is C7H10F3NO4. The van der Waals surface area contributed by atoms with Crippen molar-refractivity contribution < 1.29 is 33.0 Å². The van der Waals surface area contributed by atoms with Crippen molar-refractivity contribution in [3.8, 4) is 0 Å². The van der Waals surface area contributed by atoms with Gasteiger partial charge in [0.1, 0.15) is 0 Å². The van der Waals surface area contributed by atoms with Gasteiger partial charge in [0.25, 0.3) is 0 Å². The minimum atomic E-state index is -5.15. The molecular weight excluding hydrogens is 219 g/mol. The first-order chi connectivity index (χ1) is 6.50. The van der Waals surface area contributed by atoms with E-state index in [4.69, 9.17) is 10.2 Å². The molecule has 0 spiro atoms. The first-order valence-electron chi connectivity index (χ1n) is 3.79. The Bertz CT molecular complexity index is 274. The fourth-order valence-electron chi connectivity index (χ4n) is 0.810. The normalized spacial score (nSPS) is 17.7. The van der Waals surface area contributed by atoms with Crippen LogP contribution in [0, 0.1) is 0 Å². The second kappa shape index (κ2) is 4.05. The summed E-state index contributed by atoms with van der Waals surface area (Å²) >= 11 is 0. The number of carbonyl (C=O) groups excluding carboxylic acids is 1. The summed E-state index contributed by atoms with van der Waals surface area (Å²) in [4.78, 5) is 20.9. The van der Waals surface area contributed by atoms with E-state index in [0.717, 1.165) is 6.92 Å². The number of carboxylic acid groups (broad SMARTS) is 1. The molecule has 0 aliphatic carbocycles. The Labute approximate surface area is 82.9 Å². The van der Waals surface area contributed by atoms with Gasteiger partial charge in [-0.2, -0.15) is 13.2 Å². The fourth-order valence-corrected chi connectivity index (χ4v) is 0.810. The van der Waals surface area contributed by atoms with Crippen LogP contribution in [0.15, 0.2) is 0 Å². The Hall–Kier alpha value is -1.31. The van der Waals surface area contributed by atoms with Crippen LogP contribution in [0.3, 0.4) is 0 Å². The average Bonchev–Trinajstić information content (AvgIpc) is 1.96. The van der Waals surface area contributed by atoms with E-state index in [-0.39, 0.29) is 6.92 Å². The number of hydrogen-bond donors (Lipinski definition) is 3. The van der Waals surface area contributed by atoms with Gasteiger partial charge in [0.2, 0.25) is 5.91 Å². The number of nitrogens with one attached hydrogen (secondary N) is 1. The third-order valence-electron chi connectivity index (χ3n) is 1.73. The van der Waals surface area contributed by atoms with Crippen molar-refractivity contribution in [2.75, 3.05) is 0 Å². The molecule has 5 nitrogen and oxygen atoms in total. The van der Waals surface area contributed by atoms with Gasteiger partial charge in [0.15, 0.2) is 11.6 Å². The third-order valence-corrected chi connectivity index (χ3v) is 1.73. The van der Waals surface area contributed by atoms with Crippen LogP contribution >= 0.6 is 0 Å². The molecule has 0 bridgehead atoms. The number of carboxylic acids is 1. The number of halogens is 3. The summed E-state index contributed by atoms with van der Waals surface area (Å²) in [6, 6.07) is -2.44. The van der Waals surface area contributed by atoms with E-state index in [1.54, 1.807) is 0 Å². The Balaban J connectivity index is 5.08. The lowest BCUT2D eigenvalue weighted by Gasteiger charge is -2.31. The van der Waals surface area contributed by atoms with Crippen LogP contribution < -0.4 is 5.32 Å². The molecule has 0 aliphatic rings. The molecule has 88 valence electrons.